The summed E-state index contributed by atoms with van der Waals surface area (Å²) in [7, 11) is 0. The topological polar surface area (TPSA) is 49.8 Å². The molecule has 1 heterocycles. The van der Waals surface area contributed by atoms with Crippen molar-refractivity contribution in [3.05, 3.63) is 35.9 Å². The summed E-state index contributed by atoms with van der Waals surface area (Å²) in [4.78, 5) is 13.8. The van der Waals surface area contributed by atoms with Gasteiger partial charge in [0.2, 0.25) is 0 Å². The maximum absolute atomic E-state index is 12.2. The van der Waals surface area contributed by atoms with E-state index in [0.29, 0.717) is 6.61 Å². The number of para-hydroxylation sites is 1. The molecule has 1 aliphatic heterocycles. The van der Waals surface area contributed by atoms with Gasteiger partial charge in [0.15, 0.2) is 0 Å². The van der Waals surface area contributed by atoms with Crippen LogP contribution in [-0.2, 0) is 4.74 Å². The standard InChI is InChI=1S/C15H19NO3/c1-3-19-15(18)16-13(11(2)10-17)9-8-12-6-4-5-7-14(12)16/h4-9,11,13,17H,3,10H2,1-2H3/t11-,13+/m0/s1. The number of anilines is 1. The second kappa shape index (κ2) is 5.89. The van der Waals surface area contributed by atoms with Gasteiger partial charge < -0.3 is 9.84 Å². The van der Waals surface area contributed by atoms with Crippen LogP contribution in [0.4, 0.5) is 10.5 Å². The molecule has 0 saturated carbocycles. The van der Waals surface area contributed by atoms with Gasteiger partial charge in [0.25, 0.3) is 0 Å². The number of nitrogens with zero attached hydrogens (tertiary/aromatic N) is 1. The zero-order chi connectivity index (χ0) is 13.8. The molecule has 4 nitrogen and oxygen atoms in total. The lowest BCUT2D eigenvalue weighted by atomic mass is 9.95. The van der Waals surface area contributed by atoms with Crippen molar-refractivity contribution in [2.24, 2.45) is 5.92 Å². The van der Waals surface area contributed by atoms with Crippen molar-refractivity contribution in [1.29, 1.82) is 0 Å². The van der Waals surface area contributed by atoms with Crippen molar-refractivity contribution in [3.63, 3.8) is 0 Å². The summed E-state index contributed by atoms with van der Waals surface area (Å²) in [6.45, 7) is 4.05. The van der Waals surface area contributed by atoms with Crippen molar-refractivity contribution in [3.8, 4) is 0 Å². The number of hydrogen-bond donors (Lipinski definition) is 1. The maximum atomic E-state index is 12.2. The van der Waals surface area contributed by atoms with Gasteiger partial charge in [-0.2, -0.15) is 0 Å². The number of fused-ring (bicyclic) bond motifs is 1. The molecule has 1 aromatic rings. The van der Waals surface area contributed by atoms with Crippen LogP contribution in [0, 0.1) is 5.92 Å². The van der Waals surface area contributed by atoms with Gasteiger partial charge in [-0.15, -0.1) is 0 Å². The van der Waals surface area contributed by atoms with Gasteiger partial charge in [0.05, 0.1) is 18.3 Å². The third-order valence-corrected chi connectivity index (χ3v) is 3.30. The SMILES string of the molecule is CCOC(=O)N1c2ccccc2C=C[C@@H]1[C@@H](C)CO. The third kappa shape index (κ3) is 2.63. The van der Waals surface area contributed by atoms with Crippen molar-refractivity contribution in [1.82, 2.24) is 0 Å². The van der Waals surface area contributed by atoms with Crippen LogP contribution < -0.4 is 4.90 Å². The number of rotatable bonds is 3. The number of aliphatic hydroxyl groups is 1. The third-order valence-electron chi connectivity index (χ3n) is 3.30. The highest BCUT2D eigenvalue weighted by Crippen LogP contribution is 2.32. The van der Waals surface area contributed by atoms with Gasteiger partial charge in [0.1, 0.15) is 0 Å². The minimum atomic E-state index is -0.371. The molecular formula is C15H19NO3. The van der Waals surface area contributed by atoms with Crippen molar-refractivity contribution < 1.29 is 14.6 Å². The lowest BCUT2D eigenvalue weighted by Crippen LogP contribution is -2.45. The summed E-state index contributed by atoms with van der Waals surface area (Å²) in [6, 6.07) is 7.50. The van der Waals surface area contributed by atoms with Crippen LogP contribution in [-0.4, -0.2) is 30.5 Å². The molecule has 0 bridgehead atoms. The number of amides is 1. The average molecular weight is 261 g/mol. The first-order chi connectivity index (χ1) is 9.19. The Balaban J connectivity index is 2.40. The molecule has 0 unspecified atom stereocenters. The summed E-state index contributed by atoms with van der Waals surface area (Å²) >= 11 is 0. The number of carbonyl (C=O) groups is 1. The van der Waals surface area contributed by atoms with Gasteiger partial charge in [-0.25, -0.2) is 4.79 Å². The van der Waals surface area contributed by atoms with E-state index in [1.165, 1.54) is 0 Å². The first-order valence-corrected chi connectivity index (χ1v) is 6.53. The molecule has 1 aromatic carbocycles. The molecule has 4 heteroatoms. The summed E-state index contributed by atoms with van der Waals surface area (Å²) in [5, 5.41) is 9.35. The van der Waals surface area contributed by atoms with E-state index in [2.05, 4.69) is 0 Å². The van der Waals surface area contributed by atoms with Crippen LogP contribution in [0.15, 0.2) is 30.3 Å². The molecule has 0 saturated heterocycles. The minimum absolute atomic E-state index is 0.0209. The molecule has 0 spiro atoms. The first-order valence-electron chi connectivity index (χ1n) is 6.53. The smallest absolute Gasteiger partial charge is 0.414 e. The van der Waals surface area contributed by atoms with E-state index in [1.54, 1.807) is 11.8 Å². The number of hydrogen-bond acceptors (Lipinski definition) is 3. The Bertz CT molecular complexity index is 484. The van der Waals surface area contributed by atoms with Crippen molar-refractivity contribution in [2.75, 3.05) is 18.1 Å². The normalized spacial score (nSPS) is 18.9. The summed E-state index contributed by atoms with van der Waals surface area (Å²) in [6.07, 6.45) is 3.56. The number of carbonyl (C=O) groups excluding carboxylic acids is 1. The Morgan fingerprint density at radius 3 is 2.89 bits per heavy atom. The van der Waals surface area contributed by atoms with Crippen LogP contribution in [0.2, 0.25) is 0 Å². The zero-order valence-electron chi connectivity index (χ0n) is 11.2. The van der Waals surface area contributed by atoms with E-state index in [-0.39, 0.29) is 24.7 Å². The van der Waals surface area contributed by atoms with E-state index < -0.39 is 0 Å². The molecule has 0 aromatic heterocycles. The molecule has 19 heavy (non-hydrogen) atoms. The molecule has 2 rings (SSSR count). The molecule has 102 valence electrons. The van der Waals surface area contributed by atoms with E-state index >= 15 is 0 Å². The van der Waals surface area contributed by atoms with Crippen LogP contribution in [0.1, 0.15) is 19.4 Å². The lowest BCUT2D eigenvalue weighted by molar-refractivity contribution is 0.153. The molecular weight excluding hydrogens is 242 g/mol. The molecule has 2 atom stereocenters. The summed E-state index contributed by atoms with van der Waals surface area (Å²) < 4.78 is 5.13. The fraction of sp³-hybridized carbons (Fsp3) is 0.400. The van der Waals surface area contributed by atoms with Crippen LogP contribution >= 0.6 is 0 Å². The first kappa shape index (κ1) is 13.6. The van der Waals surface area contributed by atoms with Gasteiger partial charge in [0, 0.05) is 12.5 Å². The molecule has 0 radical (unpaired) electrons. The highest BCUT2D eigenvalue weighted by atomic mass is 16.6. The highest BCUT2D eigenvalue weighted by Gasteiger charge is 2.32. The van der Waals surface area contributed by atoms with Gasteiger partial charge in [-0.3, -0.25) is 4.90 Å². The van der Waals surface area contributed by atoms with Crippen molar-refractivity contribution in [2.45, 2.75) is 19.9 Å². The molecule has 0 aliphatic carbocycles. The Hall–Kier alpha value is -1.81. The predicted molar refractivity (Wildman–Crippen MR) is 75.0 cm³/mol. The van der Waals surface area contributed by atoms with Gasteiger partial charge in [-0.05, 0) is 18.6 Å². The van der Waals surface area contributed by atoms with Crippen LogP contribution in [0.5, 0.6) is 0 Å². The second-order valence-corrected chi connectivity index (χ2v) is 4.64. The van der Waals surface area contributed by atoms with Gasteiger partial charge in [-0.1, -0.05) is 37.3 Å². The number of aliphatic hydroxyl groups excluding tert-OH is 1. The number of ether oxygens (including phenoxy) is 1. The Kier molecular flexibility index (Phi) is 4.22. The Labute approximate surface area is 113 Å². The fourth-order valence-electron chi connectivity index (χ4n) is 2.26. The molecule has 1 aliphatic rings. The molecule has 0 fully saturated rings. The minimum Gasteiger partial charge on any atom is -0.449 e. The van der Waals surface area contributed by atoms with E-state index in [1.807, 2.05) is 43.3 Å². The second-order valence-electron chi connectivity index (χ2n) is 4.64. The summed E-state index contributed by atoms with van der Waals surface area (Å²) in [5.74, 6) is -0.0472. The van der Waals surface area contributed by atoms with Crippen LogP contribution in [0.3, 0.4) is 0 Å². The van der Waals surface area contributed by atoms with Gasteiger partial charge >= 0.3 is 6.09 Å². The fourth-order valence-corrected chi connectivity index (χ4v) is 2.26. The Morgan fingerprint density at radius 2 is 2.21 bits per heavy atom. The van der Waals surface area contributed by atoms with Crippen LogP contribution in [0.25, 0.3) is 6.08 Å². The van der Waals surface area contributed by atoms with E-state index in [0.717, 1.165) is 11.3 Å². The maximum Gasteiger partial charge on any atom is 0.414 e. The molecule has 1 amide bonds. The number of benzene rings is 1. The average Bonchev–Trinajstić information content (AvgIpc) is 2.45. The quantitative estimate of drug-likeness (QED) is 0.910. The monoisotopic (exact) mass is 261 g/mol. The van der Waals surface area contributed by atoms with E-state index in [9.17, 15) is 9.90 Å². The zero-order valence-corrected chi connectivity index (χ0v) is 11.2. The van der Waals surface area contributed by atoms with E-state index in [4.69, 9.17) is 4.74 Å². The predicted octanol–water partition coefficient (Wildman–Crippen LogP) is 2.67. The largest absolute Gasteiger partial charge is 0.449 e. The summed E-state index contributed by atoms with van der Waals surface area (Å²) in [5.41, 5.74) is 1.81. The lowest BCUT2D eigenvalue weighted by Gasteiger charge is -2.35. The van der Waals surface area contributed by atoms with Crippen molar-refractivity contribution >= 4 is 17.9 Å². The highest BCUT2D eigenvalue weighted by molar-refractivity contribution is 5.93. The molecule has 1 N–H and O–H groups in total. The Morgan fingerprint density at radius 1 is 1.47 bits per heavy atom.